The van der Waals surface area contributed by atoms with Crippen molar-refractivity contribution < 1.29 is 28.3 Å². The maximum Gasteiger partial charge on any atom is 0.351 e. The van der Waals surface area contributed by atoms with Gasteiger partial charge in [-0.2, -0.15) is 4.98 Å². The monoisotopic (exact) mass is 539 g/mol. The van der Waals surface area contributed by atoms with Crippen molar-refractivity contribution in [3.05, 3.63) is 65.8 Å². The van der Waals surface area contributed by atoms with Crippen LogP contribution in [0.5, 0.6) is 0 Å². The van der Waals surface area contributed by atoms with Gasteiger partial charge in [-0.1, -0.05) is 5.11 Å². The van der Waals surface area contributed by atoms with E-state index in [1.165, 1.54) is 36.9 Å². The minimum Gasteiger partial charge on any atom is -0.756 e. The van der Waals surface area contributed by atoms with E-state index in [4.69, 9.17) is 25.3 Å². The number of nitrogens with one attached hydrogen (secondary N) is 1. The van der Waals surface area contributed by atoms with E-state index in [2.05, 4.69) is 20.0 Å². The third kappa shape index (κ3) is 5.38. The van der Waals surface area contributed by atoms with Crippen LogP contribution in [-0.2, 0) is 18.6 Å². The molecule has 7 atom stereocenters. The summed E-state index contributed by atoms with van der Waals surface area (Å²) in [6.45, 7) is 2.76. The van der Waals surface area contributed by atoms with E-state index in [1.54, 1.807) is 0 Å². The number of azide groups is 1. The van der Waals surface area contributed by atoms with Crippen LogP contribution >= 0.6 is 7.82 Å². The van der Waals surface area contributed by atoms with Crippen LogP contribution in [0.2, 0.25) is 0 Å². The first-order valence-electron chi connectivity index (χ1n) is 11.1. The topological polar surface area (TPSA) is 253 Å². The van der Waals surface area contributed by atoms with Crippen LogP contribution in [0.4, 0.5) is 5.82 Å². The molecular formula is C19H24N8O9P-. The van der Waals surface area contributed by atoms with Gasteiger partial charge in [-0.3, -0.25) is 23.5 Å². The van der Waals surface area contributed by atoms with Gasteiger partial charge in [0.1, 0.15) is 30.0 Å². The Morgan fingerprint density at radius 3 is 2.73 bits per heavy atom. The van der Waals surface area contributed by atoms with Crippen molar-refractivity contribution in [3.63, 3.8) is 0 Å². The minimum absolute atomic E-state index is 0.00637. The van der Waals surface area contributed by atoms with E-state index < -0.39 is 61.1 Å². The highest BCUT2D eigenvalue weighted by Gasteiger charge is 2.56. The van der Waals surface area contributed by atoms with Crippen LogP contribution in [0.1, 0.15) is 44.2 Å². The summed E-state index contributed by atoms with van der Waals surface area (Å²) in [5, 5.41) is 3.70. The van der Waals surface area contributed by atoms with E-state index in [0.717, 1.165) is 4.57 Å². The van der Waals surface area contributed by atoms with Crippen molar-refractivity contribution in [1.29, 1.82) is 0 Å². The molecule has 2 unspecified atom stereocenters. The van der Waals surface area contributed by atoms with Crippen molar-refractivity contribution in [2.75, 3.05) is 5.73 Å². The van der Waals surface area contributed by atoms with Crippen molar-refractivity contribution in [3.8, 4) is 0 Å². The predicted molar refractivity (Wildman–Crippen MR) is 123 cm³/mol. The summed E-state index contributed by atoms with van der Waals surface area (Å²) < 4.78 is 31.2. The lowest BCUT2D eigenvalue weighted by atomic mass is 9.86. The molecule has 2 aliphatic heterocycles. The number of H-pyrrole nitrogens is 1. The third-order valence-corrected chi connectivity index (χ3v) is 7.05. The molecule has 0 spiro atoms. The van der Waals surface area contributed by atoms with Crippen molar-refractivity contribution in [2.24, 2.45) is 5.11 Å². The molecule has 0 amide bonds. The van der Waals surface area contributed by atoms with Gasteiger partial charge in [-0.05, 0) is 38.3 Å². The molecule has 0 bridgehead atoms. The maximum absolute atomic E-state index is 12.4. The first-order valence-corrected chi connectivity index (χ1v) is 12.6. The van der Waals surface area contributed by atoms with Gasteiger partial charge in [0.15, 0.2) is 0 Å². The standard InChI is InChI=1S/C19H25N8O9P/c1-9-8-27(18(30)23-16(9)28)14-7-10(24-25-21)15(35-14)19(2,36-37(31,32)33)11-3-4-13(34-11)26-6-5-12(20)22-17(26)29/h5-6,8,10-11,13-15H,3-4,7H2,1-2H3,(H2,20,22,29)(H,23,28,30)(H2,31,32,33)/p-1/t10-,11-,13+,14+,15-,19?/m0/s1. The van der Waals surface area contributed by atoms with E-state index in [0.29, 0.717) is 0 Å². The first kappa shape index (κ1) is 26.8. The highest BCUT2D eigenvalue weighted by Crippen LogP contribution is 2.50. The summed E-state index contributed by atoms with van der Waals surface area (Å²) in [5.74, 6) is 0.00637. The predicted octanol–water partition coefficient (Wildman–Crippen LogP) is -0.436. The normalized spacial score (nSPS) is 28.8. The maximum atomic E-state index is 12.4. The quantitative estimate of drug-likeness (QED) is 0.176. The second-order valence-corrected chi connectivity index (χ2v) is 10.1. The molecular weight excluding hydrogens is 515 g/mol. The number of aryl methyl sites for hydroxylation is 1. The Bertz CT molecular complexity index is 1460. The van der Waals surface area contributed by atoms with Gasteiger partial charge in [0.05, 0.1) is 12.1 Å². The average Bonchev–Trinajstić information content (AvgIpc) is 3.44. The van der Waals surface area contributed by atoms with Gasteiger partial charge in [0.25, 0.3) is 13.4 Å². The second kappa shape index (κ2) is 9.87. The lowest BCUT2D eigenvalue weighted by molar-refractivity contribution is -0.252. The molecule has 2 fully saturated rings. The summed E-state index contributed by atoms with van der Waals surface area (Å²) in [7, 11) is -5.42. The Morgan fingerprint density at radius 2 is 2.08 bits per heavy atom. The number of rotatable bonds is 7. The molecule has 2 saturated heterocycles. The molecule has 17 nitrogen and oxygen atoms in total. The van der Waals surface area contributed by atoms with E-state index >= 15 is 0 Å². The fraction of sp³-hybridized carbons (Fsp3) is 0.579. The fourth-order valence-corrected chi connectivity index (χ4v) is 5.47. The van der Waals surface area contributed by atoms with Gasteiger partial charge in [-0.15, -0.1) is 0 Å². The second-order valence-electron chi connectivity index (χ2n) is 8.94. The molecule has 4 N–H and O–H groups in total. The lowest BCUT2D eigenvalue weighted by Crippen LogP contribution is -2.55. The highest BCUT2D eigenvalue weighted by molar-refractivity contribution is 7.44. The molecule has 0 aromatic carbocycles. The zero-order valence-electron chi connectivity index (χ0n) is 19.7. The van der Waals surface area contributed by atoms with Crippen LogP contribution in [0.15, 0.2) is 38.0 Å². The number of hydrogen-bond acceptors (Lipinski definition) is 11. The highest BCUT2D eigenvalue weighted by atomic mass is 31.2. The summed E-state index contributed by atoms with van der Waals surface area (Å²) >= 11 is 0. The van der Waals surface area contributed by atoms with Crippen LogP contribution in [-0.4, -0.2) is 47.8 Å². The number of aromatic nitrogens is 4. The average molecular weight is 539 g/mol. The number of phosphoric ester groups is 1. The zero-order chi connectivity index (χ0) is 27.1. The smallest absolute Gasteiger partial charge is 0.351 e. The van der Waals surface area contributed by atoms with Gasteiger partial charge < -0.3 is 29.5 Å². The molecule has 0 radical (unpaired) electrons. The van der Waals surface area contributed by atoms with Crippen LogP contribution in [0.25, 0.3) is 10.4 Å². The SMILES string of the molecule is Cc1cn([C@H]2C[C@H](N=[N+]=[N-])[C@@H](C(C)(OP(=O)([O-])O)[C@@H]3CC[C@H](n4ccc(N)nc4=O)O3)O2)c(=O)[nH]c1=O. The Kier molecular flexibility index (Phi) is 7.14. The molecule has 2 aromatic rings. The van der Waals surface area contributed by atoms with Gasteiger partial charge in [-0.25, -0.2) is 9.59 Å². The summed E-state index contributed by atoms with van der Waals surface area (Å²) in [6.07, 6.45) is -1.49. The molecule has 2 aliphatic rings. The first-order chi connectivity index (χ1) is 17.3. The Labute approximate surface area is 207 Å². The number of aromatic amines is 1. The van der Waals surface area contributed by atoms with Crippen molar-refractivity contribution in [1.82, 2.24) is 19.1 Å². The summed E-state index contributed by atoms with van der Waals surface area (Å²) in [5.41, 5.74) is 10.8. The number of phosphoric acid groups is 1. The molecule has 4 heterocycles. The summed E-state index contributed by atoms with van der Waals surface area (Å²) in [4.78, 5) is 66.6. The zero-order valence-corrected chi connectivity index (χ0v) is 20.6. The Hall–Kier alpha value is -3.30. The molecule has 18 heteroatoms. The largest absolute Gasteiger partial charge is 0.756 e. The van der Waals surface area contributed by atoms with E-state index in [9.17, 15) is 28.7 Å². The third-order valence-electron chi connectivity index (χ3n) is 6.43. The van der Waals surface area contributed by atoms with Gasteiger partial charge in [0, 0.05) is 29.3 Å². The number of nitrogens with two attached hydrogens (primary N) is 1. The number of anilines is 1. The van der Waals surface area contributed by atoms with Crippen molar-refractivity contribution >= 4 is 13.6 Å². The molecule has 0 aliphatic carbocycles. The Morgan fingerprint density at radius 1 is 1.35 bits per heavy atom. The number of nitrogens with zero attached hydrogens (tertiary/aromatic N) is 6. The lowest BCUT2D eigenvalue weighted by Gasteiger charge is -2.42. The van der Waals surface area contributed by atoms with Gasteiger partial charge >= 0.3 is 11.4 Å². The molecule has 200 valence electrons. The van der Waals surface area contributed by atoms with Crippen LogP contribution in [0.3, 0.4) is 0 Å². The molecule has 2 aromatic heterocycles. The van der Waals surface area contributed by atoms with Crippen molar-refractivity contribution in [2.45, 2.75) is 69.4 Å². The minimum atomic E-state index is -5.42. The number of ether oxygens (including phenoxy) is 2. The number of hydrogen-bond donors (Lipinski definition) is 3. The van der Waals surface area contributed by atoms with Crippen LogP contribution < -0.4 is 27.6 Å². The number of nitrogen functional groups attached to an aromatic ring is 1. The summed E-state index contributed by atoms with van der Waals surface area (Å²) in [6, 6.07) is 0.314. The van der Waals surface area contributed by atoms with E-state index in [1.807, 2.05) is 0 Å². The Balaban J connectivity index is 1.71. The van der Waals surface area contributed by atoms with Crippen LogP contribution in [0, 0.1) is 6.92 Å². The molecule has 4 rings (SSSR count). The van der Waals surface area contributed by atoms with Gasteiger partial charge in [0.2, 0.25) is 0 Å². The fourth-order valence-electron chi connectivity index (χ4n) is 4.75. The molecule has 37 heavy (non-hydrogen) atoms. The van der Waals surface area contributed by atoms with E-state index in [-0.39, 0.29) is 30.6 Å². The molecule has 0 saturated carbocycles.